The maximum atomic E-state index is 12.5. The summed E-state index contributed by atoms with van der Waals surface area (Å²) >= 11 is 1.29. The smallest absolute Gasteiger partial charge is 0.318 e. The first-order valence-corrected chi connectivity index (χ1v) is 7.95. The molecule has 7 heteroatoms. The van der Waals surface area contributed by atoms with Gasteiger partial charge in [0.1, 0.15) is 17.2 Å². The number of methoxy groups -OCH3 is 1. The summed E-state index contributed by atoms with van der Waals surface area (Å²) in [5.41, 5.74) is 1.15. The molecule has 0 saturated carbocycles. The van der Waals surface area contributed by atoms with Gasteiger partial charge in [0.05, 0.1) is 18.7 Å². The number of hydrogen-bond donors (Lipinski definition) is 1. The van der Waals surface area contributed by atoms with Gasteiger partial charge in [-0.1, -0.05) is 17.3 Å². The molecular formula is C16H18N2O4S. The second-order valence-electron chi connectivity index (χ2n) is 4.90. The van der Waals surface area contributed by atoms with Gasteiger partial charge in [-0.3, -0.25) is 9.59 Å². The Bertz CT molecular complexity index is 672. The number of hydrogen-bond acceptors (Lipinski definition) is 6. The number of nitrogens with one attached hydrogen (secondary N) is 1. The molecule has 1 aromatic heterocycles. The van der Waals surface area contributed by atoms with Crippen LogP contribution in [-0.4, -0.2) is 29.4 Å². The van der Waals surface area contributed by atoms with E-state index in [-0.39, 0.29) is 17.9 Å². The number of thioether (sulfide) groups is 1. The molecule has 0 aliphatic carbocycles. The van der Waals surface area contributed by atoms with Crippen LogP contribution in [0.25, 0.3) is 0 Å². The number of carbonyl (C=O) groups excluding carboxylic acids is 2. The fraction of sp³-hybridized carbons (Fsp3) is 0.312. The Morgan fingerprint density at radius 1 is 1.26 bits per heavy atom. The van der Waals surface area contributed by atoms with Crippen molar-refractivity contribution >= 4 is 23.6 Å². The van der Waals surface area contributed by atoms with E-state index in [4.69, 9.17) is 9.26 Å². The molecule has 2 aromatic rings. The summed E-state index contributed by atoms with van der Waals surface area (Å²) in [7, 11) is 1.34. The molecule has 0 aliphatic rings. The largest absolute Gasteiger partial charge is 0.468 e. The first kappa shape index (κ1) is 17.1. The number of aromatic nitrogens is 1. The zero-order valence-corrected chi connectivity index (χ0v) is 13.9. The number of rotatable bonds is 6. The molecule has 1 heterocycles. The minimum absolute atomic E-state index is 0.235. The summed E-state index contributed by atoms with van der Waals surface area (Å²) in [6.45, 7) is 3.56. The van der Waals surface area contributed by atoms with E-state index in [0.717, 1.165) is 4.90 Å². The van der Waals surface area contributed by atoms with E-state index >= 15 is 0 Å². The Hall–Kier alpha value is -2.28. The van der Waals surface area contributed by atoms with Gasteiger partial charge < -0.3 is 14.6 Å². The van der Waals surface area contributed by atoms with Gasteiger partial charge in [-0.25, -0.2) is 0 Å². The van der Waals surface area contributed by atoms with Crippen LogP contribution in [0.1, 0.15) is 35.9 Å². The Balaban J connectivity index is 2.12. The van der Waals surface area contributed by atoms with Crippen molar-refractivity contribution in [3.05, 3.63) is 47.9 Å². The molecule has 0 spiro atoms. The van der Waals surface area contributed by atoms with Crippen LogP contribution in [-0.2, 0) is 9.53 Å². The number of ether oxygens (including phenoxy) is 1. The van der Waals surface area contributed by atoms with Gasteiger partial charge in [-0.15, -0.1) is 11.8 Å². The van der Waals surface area contributed by atoms with Gasteiger partial charge in [0, 0.05) is 11.0 Å². The van der Waals surface area contributed by atoms with Crippen molar-refractivity contribution in [2.24, 2.45) is 0 Å². The van der Waals surface area contributed by atoms with Crippen LogP contribution < -0.4 is 5.32 Å². The molecule has 0 bridgehead atoms. The topological polar surface area (TPSA) is 81.4 Å². The summed E-state index contributed by atoms with van der Waals surface area (Å²) in [5, 5.41) is 6.28. The van der Waals surface area contributed by atoms with Crippen LogP contribution in [0.2, 0.25) is 0 Å². The average Bonchev–Trinajstić information content (AvgIpc) is 3.09. The monoisotopic (exact) mass is 334 g/mol. The van der Waals surface area contributed by atoms with Gasteiger partial charge in [0.2, 0.25) is 0 Å². The fourth-order valence-electron chi connectivity index (χ4n) is 1.96. The SMILES string of the molecule is COC(=O)[C@H](C)Sc1ccccc1C(=O)N[C@H](C)c1ccon1. The lowest BCUT2D eigenvalue weighted by Crippen LogP contribution is -2.27. The molecule has 6 nitrogen and oxygen atoms in total. The van der Waals surface area contributed by atoms with Crippen molar-refractivity contribution in [1.82, 2.24) is 10.5 Å². The van der Waals surface area contributed by atoms with E-state index < -0.39 is 5.25 Å². The molecule has 1 aromatic carbocycles. The predicted octanol–water partition coefficient (Wildman–Crippen LogP) is 2.82. The Morgan fingerprint density at radius 3 is 2.65 bits per heavy atom. The van der Waals surface area contributed by atoms with Crippen LogP contribution in [0.15, 0.2) is 46.0 Å². The van der Waals surface area contributed by atoms with E-state index in [1.165, 1.54) is 25.1 Å². The Kier molecular flexibility index (Phi) is 5.81. The molecule has 0 unspecified atom stereocenters. The third-order valence-electron chi connectivity index (χ3n) is 3.22. The van der Waals surface area contributed by atoms with Crippen LogP contribution >= 0.6 is 11.8 Å². The number of amides is 1. The van der Waals surface area contributed by atoms with Gasteiger partial charge in [0.15, 0.2) is 0 Å². The minimum atomic E-state index is -0.401. The van der Waals surface area contributed by atoms with Crippen molar-refractivity contribution in [1.29, 1.82) is 0 Å². The molecule has 0 aliphatic heterocycles. The molecule has 122 valence electrons. The van der Waals surface area contributed by atoms with Crippen molar-refractivity contribution in [3.63, 3.8) is 0 Å². The Morgan fingerprint density at radius 2 is 2.00 bits per heavy atom. The van der Waals surface area contributed by atoms with Gasteiger partial charge in [-0.2, -0.15) is 0 Å². The molecular weight excluding hydrogens is 316 g/mol. The minimum Gasteiger partial charge on any atom is -0.468 e. The van der Waals surface area contributed by atoms with Crippen LogP contribution in [0.4, 0.5) is 0 Å². The zero-order chi connectivity index (χ0) is 16.8. The first-order valence-electron chi connectivity index (χ1n) is 7.07. The summed E-state index contributed by atoms with van der Waals surface area (Å²) in [5.74, 6) is -0.568. The fourth-order valence-corrected chi connectivity index (χ4v) is 2.97. The zero-order valence-electron chi connectivity index (χ0n) is 13.1. The highest BCUT2D eigenvalue weighted by Gasteiger charge is 2.20. The lowest BCUT2D eigenvalue weighted by Gasteiger charge is -2.15. The summed E-state index contributed by atoms with van der Waals surface area (Å²) in [6.07, 6.45) is 1.46. The number of esters is 1. The quantitative estimate of drug-likeness (QED) is 0.646. The summed E-state index contributed by atoms with van der Waals surface area (Å²) < 4.78 is 9.50. The average molecular weight is 334 g/mol. The van der Waals surface area contributed by atoms with E-state index in [1.807, 2.05) is 13.0 Å². The Labute approximate surface area is 138 Å². The normalized spacial score (nSPS) is 13.2. The second-order valence-corrected chi connectivity index (χ2v) is 6.28. The van der Waals surface area contributed by atoms with E-state index in [2.05, 4.69) is 10.5 Å². The number of benzene rings is 1. The van der Waals surface area contributed by atoms with Gasteiger partial charge >= 0.3 is 5.97 Å². The molecule has 1 amide bonds. The number of carbonyl (C=O) groups is 2. The van der Waals surface area contributed by atoms with E-state index in [0.29, 0.717) is 11.3 Å². The van der Waals surface area contributed by atoms with Crippen molar-refractivity contribution in [2.75, 3.05) is 7.11 Å². The van der Waals surface area contributed by atoms with Crippen molar-refractivity contribution in [3.8, 4) is 0 Å². The highest BCUT2D eigenvalue weighted by Crippen LogP contribution is 2.27. The molecule has 1 N–H and O–H groups in total. The van der Waals surface area contributed by atoms with Crippen molar-refractivity contribution < 1.29 is 18.8 Å². The summed E-state index contributed by atoms with van der Waals surface area (Å²) in [6, 6.07) is 8.55. The standard InChI is InChI=1S/C16H18N2O4S/c1-10(13-8-9-22-18-13)17-15(19)12-6-4-5-7-14(12)23-11(2)16(20)21-3/h4-11H,1-3H3,(H,17,19)/t10-,11+/m1/s1. The maximum Gasteiger partial charge on any atom is 0.318 e. The molecule has 2 rings (SSSR count). The van der Waals surface area contributed by atoms with Crippen LogP contribution in [0.3, 0.4) is 0 Å². The summed E-state index contributed by atoms with van der Waals surface area (Å²) in [4.78, 5) is 24.8. The lowest BCUT2D eigenvalue weighted by molar-refractivity contribution is -0.139. The molecule has 0 fully saturated rings. The molecule has 0 saturated heterocycles. The highest BCUT2D eigenvalue weighted by molar-refractivity contribution is 8.00. The third-order valence-corrected chi connectivity index (χ3v) is 4.37. The van der Waals surface area contributed by atoms with E-state index in [9.17, 15) is 9.59 Å². The van der Waals surface area contributed by atoms with E-state index in [1.54, 1.807) is 31.2 Å². The predicted molar refractivity (Wildman–Crippen MR) is 86.2 cm³/mol. The molecule has 0 radical (unpaired) electrons. The molecule has 2 atom stereocenters. The van der Waals surface area contributed by atoms with Gasteiger partial charge in [-0.05, 0) is 26.0 Å². The number of nitrogens with zero attached hydrogens (tertiary/aromatic N) is 1. The van der Waals surface area contributed by atoms with Crippen LogP contribution in [0.5, 0.6) is 0 Å². The first-order chi connectivity index (χ1) is 11.0. The lowest BCUT2D eigenvalue weighted by atomic mass is 10.2. The van der Waals surface area contributed by atoms with Gasteiger partial charge in [0.25, 0.3) is 5.91 Å². The third kappa shape index (κ3) is 4.35. The second kappa shape index (κ2) is 7.82. The molecule has 23 heavy (non-hydrogen) atoms. The van der Waals surface area contributed by atoms with Crippen LogP contribution in [0, 0.1) is 0 Å². The van der Waals surface area contributed by atoms with Crippen molar-refractivity contribution in [2.45, 2.75) is 30.0 Å². The maximum absolute atomic E-state index is 12.5. The highest BCUT2D eigenvalue weighted by atomic mass is 32.2.